The molecule has 1 atom stereocenters. The van der Waals surface area contributed by atoms with E-state index in [0.29, 0.717) is 31.6 Å². The summed E-state index contributed by atoms with van der Waals surface area (Å²) in [4.78, 5) is 9.10. The largest absolute Gasteiger partial charge is 0.395 e. The molecule has 1 aliphatic rings. The van der Waals surface area contributed by atoms with Crippen LogP contribution in [0.15, 0.2) is 24.3 Å². The molecule has 2 heterocycles. The van der Waals surface area contributed by atoms with E-state index in [0.717, 1.165) is 24.5 Å². The van der Waals surface area contributed by atoms with Crippen LogP contribution in [0.3, 0.4) is 0 Å². The Morgan fingerprint density at radius 3 is 2.80 bits per heavy atom. The van der Waals surface area contributed by atoms with Crippen LogP contribution in [0.1, 0.15) is 34.7 Å². The number of benzene rings is 1. The Hall–Kier alpha value is -2.18. The Morgan fingerprint density at radius 2 is 2.08 bits per heavy atom. The van der Waals surface area contributed by atoms with Gasteiger partial charge in [-0.25, -0.2) is 4.98 Å². The second kappa shape index (κ2) is 8.27. The van der Waals surface area contributed by atoms with Gasteiger partial charge in [-0.3, -0.25) is 0 Å². The first-order chi connectivity index (χ1) is 12.2. The summed E-state index contributed by atoms with van der Waals surface area (Å²) in [6.45, 7) is 6.89. The minimum absolute atomic E-state index is 0.0471. The molecule has 1 fully saturated rings. The number of aryl methyl sites for hydroxylation is 2. The Kier molecular flexibility index (Phi) is 5.83. The molecule has 25 heavy (non-hydrogen) atoms. The van der Waals surface area contributed by atoms with Gasteiger partial charge >= 0.3 is 0 Å². The van der Waals surface area contributed by atoms with Crippen LogP contribution in [0.4, 0.5) is 11.8 Å². The van der Waals surface area contributed by atoms with E-state index >= 15 is 0 Å². The highest BCUT2D eigenvalue weighted by Crippen LogP contribution is 2.26. The fourth-order valence-corrected chi connectivity index (χ4v) is 3.01. The van der Waals surface area contributed by atoms with Gasteiger partial charge in [0.05, 0.1) is 18.9 Å². The maximum absolute atomic E-state index is 9.03. The minimum Gasteiger partial charge on any atom is -0.395 e. The van der Waals surface area contributed by atoms with Gasteiger partial charge < -0.3 is 20.5 Å². The lowest BCUT2D eigenvalue weighted by Gasteiger charge is -2.14. The average Bonchev–Trinajstić information content (AvgIpc) is 3.14. The molecule has 6 nitrogen and oxygen atoms in total. The molecule has 1 aromatic heterocycles. The zero-order chi connectivity index (χ0) is 17.6. The van der Waals surface area contributed by atoms with Gasteiger partial charge in [-0.1, -0.05) is 23.8 Å². The first-order valence-electron chi connectivity index (χ1n) is 8.77. The van der Waals surface area contributed by atoms with Gasteiger partial charge in [-0.2, -0.15) is 4.98 Å². The van der Waals surface area contributed by atoms with Crippen LogP contribution in [0.5, 0.6) is 0 Å². The highest BCUT2D eigenvalue weighted by molar-refractivity contribution is 5.44. The third-order valence-electron chi connectivity index (χ3n) is 4.45. The van der Waals surface area contributed by atoms with Crippen LogP contribution in [0.25, 0.3) is 0 Å². The summed E-state index contributed by atoms with van der Waals surface area (Å²) < 4.78 is 5.49. The van der Waals surface area contributed by atoms with Crippen molar-refractivity contribution in [1.29, 1.82) is 0 Å². The molecule has 1 aliphatic heterocycles. The zero-order valence-electron chi connectivity index (χ0n) is 14.9. The molecular formula is C19H26N4O2. The van der Waals surface area contributed by atoms with Crippen molar-refractivity contribution in [2.24, 2.45) is 0 Å². The van der Waals surface area contributed by atoms with E-state index in [4.69, 9.17) is 9.84 Å². The second-order valence-corrected chi connectivity index (χ2v) is 6.50. The first kappa shape index (κ1) is 17.6. The third kappa shape index (κ3) is 4.67. The Balaban J connectivity index is 1.77. The van der Waals surface area contributed by atoms with Crippen LogP contribution in [-0.4, -0.2) is 41.4 Å². The van der Waals surface area contributed by atoms with E-state index in [1.807, 2.05) is 6.07 Å². The Labute approximate surface area is 148 Å². The van der Waals surface area contributed by atoms with Crippen molar-refractivity contribution in [3.8, 4) is 0 Å². The number of ether oxygens (including phenoxy) is 1. The maximum Gasteiger partial charge on any atom is 0.224 e. The van der Waals surface area contributed by atoms with E-state index < -0.39 is 0 Å². The van der Waals surface area contributed by atoms with E-state index in [-0.39, 0.29) is 6.61 Å². The predicted molar refractivity (Wildman–Crippen MR) is 99.0 cm³/mol. The van der Waals surface area contributed by atoms with Crippen LogP contribution >= 0.6 is 0 Å². The van der Waals surface area contributed by atoms with Crippen molar-refractivity contribution in [3.63, 3.8) is 0 Å². The molecule has 0 bridgehead atoms. The monoisotopic (exact) mass is 342 g/mol. The van der Waals surface area contributed by atoms with Crippen LogP contribution < -0.4 is 10.6 Å². The number of nitrogens with one attached hydrogen (secondary N) is 2. The topological polar surface area (TPSA) is 79.3 Å². The van der Waals surface area contributed by atoms with Crippen molar-refractivity contribution in [2.75, 3.05) is 37.0 Å². The zero-order valence-corrected chi connectivity index (χ0v) is 14.9. The molecule has 2 aromatic rings. The molecule has 6 heteroatoms. The number of hydrogen-bond acceptors (Lipinski definition) is 6. The Bertz CT molecular complexity index is 715. The molecule has 1 aromatic carbocycles. The molecular weight excluding hydrogens is 316 g/mol. The van der Waals surface area contributed by atoms with Crippen molar-refractivity contribution >= 4 is 11.8 Å². The number of rotatable bonds is 7. The van der Waals surface area contributed by atoms with Gasteiger partial charge in [0.15, 0.2) is 0 Å². The molecule has 0 radical (unpaired) electrons. The molecule has 1 unspecified atom stereocenters. The van der Waals surface area contributed by atoms with Crippen LogP contribution in [-0.2, 0) is 11.3 Å². The van der Waals surface area contributed by atoms with Gasteiger partial charge in [-0.15, -0.1) is 0 Å². The quantitative estimate of drug-likeness (QED) is 0.718. The lowest BCUT2D eigenvalue weighted by atomic mass is 10.0. The SMILES string of the molecule is Cc1ccc(CNc2cc(C3CCOC3)nc(NCCO)n2)c(C)c1. The van der Waals surface area contributed by atoms with E-state index in [1.165, 1.54) is 16.7 Å². The molecule has 1 saturated heterocycles. The van der Waals surface area contributed by atoms with Gasteiger partial charge in [0.1, 0.15) is 5.82 Å². The predicted octanol–water partition coefficient (Wildman–Crippen LogP) is 2.61. The van der Waals surface area contributed by atoms with Crippen molar-refractivity contribution < 1.29 is 9.84 Å². The minimum atomic E-state index is 0.0471. The van der Waals surface area contributed by atoms with E-state index in [1.54, 1.807) is 0 Å². The third-order valence-corrected chi connectivity index (χ3v) is 4.45. The number of anilines is 2. The summed E-state index contributed by atoms with van der Waals surface area (Å²) in [5.41, 5.74) is 4.77. The van der Waals surface area contributed by atoms with Gasteiger partial charge in [0.25, 0.3) is 0 Å². The molecule has 0 spiro atoms. The summed E-state index contributed by atoms with van der Waals surface area (Å²) in [6.07, 6.45) is 0.979. The number of hydrogen-bond donors (Lipinski definition) is 3. The fraction of sp³-hybridized carbons (Fsp3) is 0.474. The molecule has 0 aliphatic carbocycles. The maximum atomic E-state index is 9.03. The fourth-order valence-electron chi connectivity index (χ4n) is 3.01. The number of aliphatic hydroxyl groups excluding tert-OH is 1. The average molecular weight is 342 g/mol. The van der Waals surface area contributed by atoms with Crippen molar-refractivity contribution in [2.45, 2.75) is 32.7 Å². The van der Waals surface area contributed by atoms with Gasteiger partial charge in [-0.05, 0) is 31.4 Å². The van der Waals surface area contributed by atoms with Crippen LogP contribution in [0, 0.1) is 13.8 Å². The highest BCUT2D eigenvalue weighted by Gasteiger charge is 2.20. The number of nitrogens with zero attached hydrogens (tertiary/aromatic N) is 2. The summed E-state index contributed by atoms with van der Waals surface area (Å²) in [7, 11) is 0. The summed E-state index contributed by atoms with van der Waals surface area (Å²) >= 11 is 0. The highest BCUT2D eigenvalue weighted by atomic mass is 16.5. The summed E-state index contributed by atoms with van der Waals surface area (Å²) in [5, 5.41) is 15.5. The molecule has 3 rings (SSSR count). The van der Waals surface area contributed by atoms with Gasteiger partial charge in [0, 0.05) is 31.7 Å². The first-order valence-corrected chi connectivity index (χ1v) is 8.77. The molecule has 0 amide bonds. The lowest BCUT2D eigenvalue weighted by molar-refractivity contribution is 0.193. The van der Waals surface area contributed by atoms with Crippen molar-refractivity contribution in [1.82, 2.24) is 9.97 Å². The summed E-state index contributed by atoms with van der Waals surface area (Å²) in [6, 6.07) is 8.47. The van der Waals surface area contributed by atoms with E-state index in [2.05, 4.69) is 52.6 Å². The lowest BCUT2D eigenvalue weighted by Crippen LogP contribution is -2.13. The number of aromatic nitrogens is 2. The molecule has 134 valence electrons. The second-order valence-electron chi connectivity index (χ2n) is 6.50. The van der Waals surface area contributed by atoms with Gasteiger partial charge in [0.2, 0.25) is 5.95 Å². The van der Waals surface area contributed by atoms with Crippen LogP contribution in [0.2, 0.25) is 0 Å². The molecule has 0 saturated carbocycles. The van der Waals surface area contributed by atoms with E-state index in [9.17, 15) is 0 Å². The standard InChI is InChI=1S/C19H26N4O2/c1-13-3-4-15(14(2)9-13)11-21-18-10-17(16-5-8-25-12-16)22-19(23-18)20-6-7-24/h3-4,9-10,16,24H,5-8,11-12H2,1-2H3,(H2,20,21,22,23). The smallest absolute Gasteiger partial charge is 0.224 e. The Morgan fingerprint density at radius 1 is 1.20 bits per heavy atom. The summed E-state index contributed by atoms with van der Waals surface area (Å²) in [5.74, 6) is 1.64. The number of aliphatic hydroxyl groups is 1. The van der Waals surface area contributed by atoms with Crippen molar-refractivity contribution in [3.05, 3.63) is 46.6 Å². The molecule has 3 N–H and O–H groups in total. The normalized spacial score (nSPS) is 16.8.